The van der Waals surface area contributed by atoms with Crippen LogP contribution in [0, 0.1) is 17.2 Å². The molecule has 7 nitrogen and oxygen atoms in total. The van der Waals surface area contributed by atoms with Crippen LogP contribution in [0.1, 0.15) is 48.4 Å². The molecule has 3 aromatic rings. The van der Waals surface area contributed by atoms with E-state index in [-0.39, 0.29) is 17.5 Å². The Kier molecular flexibility index (Phi) is 5.68. The van der Waals surface area contributed by atoms with Crippen molar-refractivity contribution in [1.29, 1.82) is 5.26 Å². The average molecular weight is 431 g/mol. The van der Waals surface area contributed by atoms with Crippen molar-refractivity contribution in [2.24, 2.45) is 5.92 Å². The van der Waals surface area contributed by atoms with Crippen LogP contribution in [-0.4, -0.2) is 30.5 Å². The van der Waals surface area contributed by atoms with Crippen LogP contribution in [0.15, 0.2) is 51.5 Å². The Labute approximate surface area is 187 Å². The maximum Gasteiger partial charge on any atom is 0.266 e. The summed E-state index contributed by atoms with van der Waals surface area (Å²) in [6.07, 6.45) is 6.41. The molecule has 1 amide bonds. The van der Waals surface area contributed by atoms with Crippen LogP contribution >= 0.6 is 0 Å². The maximum absolute atomic E-state index is 12.8. The Hall–Kier alpha value is -3.53. The Morgan fingerprint density at radius 3 is 2.81 bits per heavy atom. The summed E-state index contributed by atoms with van der Waals surface area (Å²) in [6.45, 7) is 1.99. The maximum atomic E-state index is 12.8. The number of piperidine rings is 1. The van der Waals surface area contributed by atoms with Gasteiger partial charge in [0.2, 0.25) is 17.5 Å². The van der Waals surface area contributed by atoms with Gasteiger partial charge in [-0.15, -0.1) is 0 Å². The van der Waals surface area contributed by atoms with E-state index in [9.17, 15) is 10.1 Å². The number of aryl methyl sites for hydroxylation is 1. The van der Waals surface area contributed by atoms with Gasteiger partial charge in [0, 0.05) is 31.5 Å². The van der Waals surface area contributed by atoms with E-state index in [0.717, 1.165) is 25.7 Å². The fourth-order valence-electron chi connectivity index (χ4n) is 4.88. The molecule has 0 bridgehead atoms. The lowest BCUT2D eigenvalue weighted by atomic mass is 9.82. The normalized spacial score (nSPS) is 18.7. The molecule has 1 aromatic carbocycles. The van der Waals surface area contributed by atoms with Crippen molar-refractivity contribution in [3.63, 3.8) is 0 Å². The zero-order valence-corrected chi connectivity index (χ0v) is 17.9. The molecule has 1 aliphatic carbocycles. The topological polar surface area (TPSA) is 95.3 Å². The first-order valence-electron chi connectivity index (χ1n) is 11.3. The Morgan fingerprint density at radius 2 is 2.03 bits per heavy atom. The van der Waals surface area contributed by atoms with E-state index in [4.69, 9.17) is 8.83 Å². The third kappa shape index (κ3) is 4.01. The molecule has 32 heavy (non-hydrogen) atoms. The number of carbonyl (C=O) groups excluding carboxylic acids is 1. The molecule has 2 aromatic heterocycles. The number of carbonyl (C=O) groups is 1. The number of rotatable bonds is 5. The first-order chi connectivity index (χ1) is 15.7. The van der Waals surface area contributed by atoms with Gasteiger partial charge in [0.25, 0.3) is 5.89 Å². The number of nitrogens with one attached hydrogen (secondary N) is 1. The lowest BCUT2D eigenvalue weighted by Crippen LogP contribution is -2.41. The van der Waals surface area contributed by atoms with Gasteiger partial charge in [-0.25, -0.2) is 0 Å². The quantitative estimate of drug-likeness (QED) is 0.650. The van der Waals surface area contributed by atoms with Gasteiger partial charge in [0.1, 0.15) is 6.07 Å². The molecule has 5 rings (SSSR count). The minimum absolute atomic E-state index is 0.0249. The predicted octanol–water partition coefficient (Wildman–Crippen LogP) is 4.26. The number of nitriles is 1. The highest BCUT2D eigenvalue weighted by Gasteiger charge is 2.30. The van der Waals surface area contributed by atoms with E-state index in [2.05, 4.69) is 40.6 Å². The predicted molar refractivity (Wildman–Crippen MR) is 119 cm³/mol. The Balaban J connectivity index is 1.18. The number of furan rings is 1. The van der Waals surface area contributed by atoms with Crippen LogP contribution in [0.25, 0.3) is 11.7 Å². The summed E-state index contributed by atoms with van der Waals surface area (Å²) in [5, 5.41) is 12.7. The zero-order valence-electron chi connectivity index (χ0n) is 17.9. The number of hydrogen-bond donors (Lipinski definition) is 1. The number of hydrogen-bond acceptors (Lipinski definition) is 6. The summed E-state index contributed by atoms with van der Waals surface area (Å²) in [5.41, 5.74) is 3.05. The molecule has 2 aliphatic rings. The summed E-state index contributed by atoms with van der Waals surface area (Å²) in [5.74, 6) is 1.75. The molecule has 7 heteroatoms. The van der Waals surface area contributed by atoms with Crippen molar-refractivity contribution < 1.29 is 13.6 Å². The van der Waals surface area contributed by atoms with Crippen LogP contribution < -0.4 is 10.2 Å². The van der Waals surface area contributed by atoms with Gasteiger partial charge in [0.05, 0.1) is 6.26 Å². The van der Waals surface area contributed by atoms with Crippen LogP contribution in [0.2, 0.25) is 0 Å². The van der Waals surface area contributed by atoms with Crippen LogP contribution in [0.3, 0.4) is 0 Å². The van der Waals surface area contributed by atoms with E-state index < -0.39 is 0 Å². The van der Waals surface area contributed by atoms with Gasteiger partial charge in [-0.1, -0.05) is 24.3 Å². The molecular weight excluding hydrogens is 404 g/mol. The van der Waals surface area contributed by atoms with E-state index in [0.29, 0.717) is 43.1 Å². The van der Waals surface area contributed by atoms with Crippen molar-refractivity contribution in [2.45, 2.75) is 38.0 Å². The first kappa shape index (κ1) is 20.4. The van der Waals surface area contributed by atoms with Gasteiger partial charge in [-0.05, 0) is 55.4 Å². The van der Waals surface area contributed by atoms with E-state index in [1.54, 1.807) is 18.4 Å². The molecular formula is C25H26N4O3. The minimum atomic E-state index is -0.0249. The van der Waals surface area contributed by atoms with Crippen molar-refractivity contribution in [1.82, 2.24) is 10.3 Å². The number of nitrogens with zero attached hydrogens (tertiary/aromatic N) is 3. The van der Waals surface area contributed by atoms with Gasteiger partial charge in [-0.2, -0.15) is 10.2 Å². The second-order valence-electron chi connectivity index (χ2n) is 8.56. The molecule has 0 saturated carbocycles. The Morgan fingerprint density at radius 1 is 1.19 bits per heavy atom. The molecule has 3 heterocycles. The second-order valence-corrected chi connectivity index (χ2v) is 8.56. The van der Waals surface area contributed by atoms with Crippen LogP contribution in [0.4, 0.5) is 5.88 Å². The standard InChI is InChI=1S/C25H26N4O3/c26-15-21-25(32-24(28-21)22-9-4-14-31-22)29-12-10-18(11-13-29)23(30)27-16-19-7-3-6-17-5-1-2-8-20(17)19/h1-2,4-5,8-9,14,18-19H,3,6-7,10-13,16H2,(H,27,30). The molecule has 1 aliphatic heterocycles. The van der Waals surface area contributed by atoms with Gasteiger partial charge in [-0.3, -0.25) is 4.79 Å². The highest BCUT2D eigenvalue weighted by molar-refractivity contribution is 5.79. The number of anilines is 1. The van der Waals surface area contributed by atoms with E-state index >= 15 is 0 Å². The SMILES string of the molecule is N#Cc1nc(-c2ccco2)oc1N1CCC(C(=O)NCC2CCCc3ccccc32)CC1. The molecule has 0 spiro atoms. The summed E-state index contributed by atoms with van der Waals surface area (Å²) < 4.78 is 11.2. The molecule has 1 saturated heterocycles. The van der Waals surface area contributed by atoms with E-state index in [1.807, 2.05) is 4.90 Å². The van der Waals surface area contributed by atoms with Crippen LogP contribution in [-0.2, 0) is 11.2 Å². The molecule has 0 radical (unpaired) electrons. The smallest absolute Gasteiger partial charge is 0.266 e. The highest BCUT2D eigenvalue weighted by atomic mass is 16.4. The first-order valence-corrected chi connectivity index (χ1v) is 11.3. The fourth-order valence-corrected chi connectivity index (χ4v) is 4.88. The molecule has 1 atom stereocenters. The van der Waals surface area contributed by atoms with Crippen molar-refractivity contribution in [3.8, 4) is 17.7 Å². The largest absolute Gasteiger partial charge is 0.459 e. The number of amides is 1. The van der Waals surface area contributed by atoms with Crippen molar-refractivity contribution >= 4 is 11.8 Å². The monoisotopic (exact) mass is 430 g/mol. The number of oxazole rings is 1. The number of aromatic nitrogens is 1. The molecule has 1 unspecified atom stereocenters. The Bertz CT molecular complexity index is 1120. The van der Waals surface area contributed by atoms with Crippen molar-refractivity contribution in [3.05, 3.63) is 59.5 Å². The average Bonchev–Trinajstić information content (AvgIpc) is 3.52. The van der Waals surface area contributed by atoms with Crippen molar-refractivity contribution in [2.75, 3.05) is 24.5 Å². The zero-order chi connectivity index (χ0) is 21.9. The second kappa shape index (κ2) is 8.91. The number of fused-ring (bicyclic) bond motifs is 1. The summed E-state index contributed by atoms with van der Waals surface area (Å²) in [4.78, 5) is 19.1. The van der Waals surface area contributed by atoms with E-state index in [1.165, 1.54) is 17.5 Å². The van der Waals surface area contributed by atoms with Gasteiger partial charge < -0.3 is 19.1 Å². The summed E-state index contributed by atoms with van der Waals surface area (Å²) in [7, 11) is 0. The fraction of sp³-hybridized carbons (Fsp3) is 0.400. The third-order valence-electron chi connectivity index (χ3n) is 6.62. The number of benzene rings is 1. The van der Waals surface area contributed by atoms with Gasteiger partial charge >= 0.3 is 0 Å². The van der Waals surface area contributed by atoms with Crippen LogP contribution in [0.5, 0.6) is 0 Å². The van der Waals surface area contributed by atoms with Gasteiger partial charge in [0.15, 0.2) is 5.76 Å². The summed E-state index contributed by atoms with van der Waals surface area (Å²) in [6, 6.07) is 14.2. The molecule has 1 fully saturated rings. The molecule has 1 N–H and O–H groups in total. The molecule has 164 valence electrons. The minimum Gasteiger partial charge on any atom is -0.459 e. The lowest BCUT2D eigenvalue weighted by Gasteiger charge is -2.31. The summed E-state index contributed by atoms with van der Waals surface area (Å²) >= 11 is 0. The highest BCUT2D eigenvalue weighted by Crippen LogP contribution is 2.33. The third-order valence-corrected chi connectivity index (χ3v) is 6.62. The lowest BCUT2D eigenvalue weighted by molar-refractivity contribution is -0.125.